The molecule has 1 heterocycles. The molecule has 0 aromatic carbocycles. The fraction of sp³-hybridized carbons (Fsp3) is 1.00. The Bertz CT molecular complexity index is 198. The zero-order valence-electron chi connectivity index (χ0n) is 8.01. The highest BCUT2D eigenvalue weighted by Crippen LogP contribution is 2.32. The van der Waals surface area contributed by atoms with Gasteiger partial charge in [-0.2, -0.15) is 8.78 Å². The van der Waals surface area contributed by atoms with Gasteiger partial charge in [-0.05, 0) is 13.8 Å². The minimum atomic E-state index is -3.18. The summed E-state index contributed by atoms with van der Waals surface area (Å²) >= 11 is 0. The van der Waals surface area contributed by atoms with Gasteiger partial charge in [-0.3, -0.25) is 4.90 Å². The Kier molecular flexibility index (Phi) is 3.36. The molecule has 6 heteroatoms. The van der Waals surface area contributed by atoms with Gasteiger partial charge in [0.1, 0.15) is 6.10 Å². The molecule has 0 aromatic heterocycles. The lowest BCUT2D eigenvalue weighted by Gasteiger charge is -2.18. The van der Waals surface area contributed by atoms with Crippen LogP contribution in [0.3, 0.4) is 0 Å². The molecule has 0 amide bonds. The van der Waals surface area contributed by atoms with Crippen LogP contribution in [-0.4, -0.2) is 42.7 Å². The van der Waals surface area contributed by atoms with Gasteiger partial charge in [-0.1, -0.05) is 0 Å². The third-order valence-corrected chi connectivity index (χ3v) is 2.28. The summed E-state index contributed by atoms with van der Waals surface area (Å²) < 4.78 is 53.6. The Morgan fingerprint density at radius 1 is 1.36 bits per heavy atom. The van der Waals surface area contributed by atoms with Crippen molar-refractivity contribution >= 4 is 0 Å². The third-order valence-electron chi connectivity index (χ3n) is 2.28. The quantitative estimate of drug-likeness (QED) is 0.667. The predicted octanol–water partition coefficient (Wildman–Crippen LogP) is 1.95. The maximum Gasteiger partial charge on any atom is 0.345 e. The summed E-state index contributed by atoms with van der Waals surface area (Å²) in [5, 5.41) is 0. The molecule has 1 saturated heterocycles. The summed E-state index contributed by atoms with van der Waals surface area (Å²) in [6.07, 6.45) is -1.69. The third kappa shape index (κ3) is 2.57. The number of nitrogens with zero attached hydrogens (tertiary/aromatic N) is 1. The van der Waals surface area contributed by atoms with Crippen LogP contribution in [0.1, 0.15) is 13.8 Å². The van der Waals surface area contributed by atoms with Crippen LogP contribution in [0.2, 0.25) is 0 Å². The van der Waals surface area contributed by atoms with Gasteiger partial charge in [-0.25, -0.2) is 8.78 Å². The van der Waals surface area contributed by atoms with Crippen LogP contribution in [0, 0.1) is 0 Å². The van der Waals surface area contributed by atoms with E-state index in [0.29, 0.717) is 0 Å². The molecule has 14 heavy (non-hydrogen) atoms. The van der Waals surface area contributed by atoms with Gasteiger partial charge >= 0.3 is 6.61 Å². The van der Waals surface area contributed by atoms with Crippen molar-refractivity contribution in [2.75, 3.05) is 13.1 Å². The molecule has 0 bridgehead atoms. The van der Waals surface area contributed by atoms with Crippen LogP contribution in [0.5, 0.6) is 0 Å². The van der Waals surface area contributed by atoms with Crippen LogP contribution >= 0.6 is 0 Å². The summed E-state index contributed by atoms with van der Waals surface area (Å²) in [4.78, 5) is 1.42. The molecule has 1 aliphatic heterocycles. The maximum absolute atomic E-state index is 13.1. The van der Waals surface area contributed by atoms with Gasteiger partial charge in [0, 0.05) is 12.6 Å². The number of halogens is 4. The minimum Gasteiger partial charge on any atom is -0.312 e. The number of rotatable bonds is 3. The van der Waals surface area contributed by atoms with E-state index in [-0.39, 0.29) is 12.6 Å². The largest absolute Gasteiger partial charge is 0.345 e. The van der Waals surface area contributed by atoms with Gasteiger partial charge in [0.15, 0.2) is 0 Å². The molecule has 84 valence electrons. The first-order chi connectivity index (χ1) is 6.33. The van der Waals surface area contributed by atoms with Crippen LogP contribution < -0.4 is 0 Å². The first-order valence-corrected chi connectivity index (χ1v) is 4.38. The Morgan fingerprint density at radius 2 is 1.93 bits per heavy atom. The van der Waals surface area contributed by atoms with Crippen molar-refractivity contribution in [2.45, 2.75) is 38.5 Å². The Morgan fingerprint density at radius 3 is 2.29 bits per heavy atom. The summed E-state index contributed by atoms with van der Waals surface area (Å²) in [5.41, 5.74) is 0. The van der Waals surface area contributed by atoms with Crippen molar-refractivity contribution in [2.24, 2.45) is 0 Å². The smallest absolute Gasteiger partial charge is 0.312 e. The average molecular weight is 215 g/mol. The van der Waals surface area contributed by atoms with Crippen molar-refractivity contribution in [3.8, 4) is 0 Å². The molecule has 1 atom stereocenters. The molecule has 1 aliphatic rings. The summed E-state index contributed by atoms with van der Waals surface area (Å²) in [5.74, 6) is -3.18. The molecule has 0 spiro atoms. The van der Waals surface area contributed by atoms with Crippen LogP contribution in [0.25, 0.3) is 0 Å². The number of likely N-dealkylation sites (tertiary alicyclic amines) is 1. The first-order valence-electron chi connectivity index (χ1n) is 4.38. The molecule has 0 saturated carbocycles. The van der Waals surface area contributed by atoms with E-state index >= 15 is 0 Å². The van der Waals surface area contributed by atoms with Gasteiger partial charge in [0.05, 0.1) is 6.54 Å². The molecule has 0 aromatic rings. The van der Waals surface area contributed by atoms with Crippen molar-refractivity contribution in [3.63, 3.8) is 0 Å². The minimum absolute atomic E-state index is 0.0906. The van der Waals surface area contributed by atoms with Crippen LogP contribution in [-0.2, 0) is 4.74 Å². The van der Waals surface area contributed by atoms with E-state index in [2.05, 4.69) is 4.74 Å². The highest BCUT2D eigenvalue weighted by Gasteiger charge is 2.50. The molecule has 2 nitrogen and oxygen atoms in total. The fourth-order valence-corrected chi connectivity index (χ4v) is 1.44. The van der Waals surface area contributed by atoms with Crippen LogP contribution in [0.15, 0.2) is 0 Å². The van der Waals surface area contributed by atoms with E-state index in [1.54, 1.807) is 13.8 Å². The molecule has 0 aliphatic carbocycles. The molecule has 0 unspecified atom stereocenters. The van der Waals surface area contributed by atoms with Crippen molar-refractivity contribution < 1.29 is 22.3 Å². The van der Waals surface area contributed by atoms with Crippen LogP contribution in [0.4, 0.5) is 17.6 Å². The second kappa shape index (κ2) is 4.02. The first kappa shape index (κ1) is 11.7. The van der Waals surface area contributed by atoms with E-state index in [4.69, 9.17) is 0 Å². The lowest BCUT2D eigenvalue weighted by molar-refractivity contribution is -0.210. The second-order valence-electron chi connectivity index (χ2n) is 3.67. The SMILES string of the molecule is CC(C)N1C[C@H](OC(F)F)C(F)(F)C1. The molecule has 0 radical (unpaired) electrons. The molecular formula is C8H13F4NO. The molecule has 1 rings (SSSR count). The average Bonchev–Trinajstić information content (AvgIpc) is 2.26. The fourth-order valence-electron chi connectivity index (χ4n) is 1.44. The monoisotopic (exact) mass is 215 g/mol. The molecular weight excluding hydrogens is 202 g/mol. The predicted molar refractivity (Wildman–Crippen MR) is 42.5 cm³/mol. The standard InChI is InChI=1S/C8H13F4NO/c1-5(2)13-3-6(14-7(9)10)8(11,12)4-13/h5-7H,3-4H2,1-2H3/t6-/m0/s1. The second-order valence-corrected chi connectivity index (χ2v) is 3.67. The van der Waals surface area contributed by atoms with E-state index in [1.807, 2.05) is 0 Å². The van der Waals surface area contributed by atoms with Gasteiger partial charge in [-0.15, -0.1) is 0 Å². The Hall–Kier alpha value is -0.360. The zero-order valence-corrected chi connectivity index (χ0v) is 8.01. The normalized spacial score (nSPS) is 27.9. The van der Waals surface area contributed by atoms with E-state index < -0.39 is 25.2 Å². The van der Waals surface area contributed by atoms with E-state index in [0.717, 1.165) is 0 Å². The van der Waals surface area contributed by atoms with Crippen molar-refractivity contribution in [3.05, 3.63) is 0 Å². The van der Waals surface area contributed by atoms with Gasteiger partial charge < -0.3 is 4.74 Å². The zero-order chi connectivity index (χ0) is 10.9. The van der Waals surface area contributed by atoms with Crippen molar-refractivity contribution in [1.82, 2.24) is 4.90 Å². The van der Waals surface area contributed by atoms with Gasteiger partial charge in [0.25, 0.3) is 5.92 Å². The lowest BCUT2D eigenvalue weighted by Crippen LogP contribution is -2.35. The van der Waals surface area contributed by atoms with Gasteiger partial charge in [0.2, 0.25) is 0 Å². The Balaban J connectivity index is 2.59. The number of hydrogen-bond donors (Lipinski definition) is 0. The number of hydrogen-bond acceptors (Lipinski definition) is 2. The highest BCUT2D eigenvalue weighted by molar-refractivity contribution is 4.92. The summed E-state index contributed by atoms with van der Waals surface area (Å²) in [7, 11) is 0. The van der Waals surface area contributed by atoms with Crippen molar-refractivity contribution in [1.29, 1.82) is 0 Å². The Labute approximate surface area is 79.8 Å². The lowest BCUT2D eigenvalue weighted by atomic mass is 10.2. The van der Waals surface area contributed by atoms with E-state index in [9.17, 15) is 17.6 Å². The number of ether oxygens (including phenoxy) is 1. The maximum atomic E-state index is 13.1. The molecule has 1 fully saturated rings. The topological polar surface area (TPSA) is 12.5 Å². The number of alkyl halides is 4. The summed E-state index contributed by atoms with van der Waals surface area (Å²) in [6.45, 7) is -0.323. The summed E-state index contributed by atoms with van der Waals surface area (Å²) in [6, 6.07) is -0.0906. The molecule has 0 N–H and O–H groups in total. The highest BCUT2D eigenvalue weighted by atomic mass is 19.3. The van der Waals surface area contributed by atoms with E-state index in [1.165, 1.54) is 4.90 Å².